The van der Waals surface area contributed by atoms with Gasteiger partial charge in [0.05, 0.1) is 13.5 Å². The van der Waals surface area contributed by atoms with E-state index in [0.717, 1.165) is 41.7 Å². The zero-order valence-electron chi connectivity index (χ0n) is 23.2. The first-order chi connectivity index (χ1) is 18.6. The normalized spacial score (nSPS) is 23.3. The smallest absolute Gasteiger partial charge is 0.379 e. The van der Waals surface area contributed by atoms with Crippen molar-refractivity contribution >= 4 is 41.6 Å². The number of esters is 6. The number of ketones is 1. The maximum Gasteiger partial charge on any atom is 0.379 e. The Bertz CT molecular complexity index is 1030. The molecule has 0 bridgehead atoms. The van der Waals surface area contributed by atoms with Crippen molar-refractivity contribution in [1.82, 2.24) is 0 Å². The summed E-state index contributed by atoms with van der Waals surface area (Å²) in [5, 5.41) is 0. The lowest BCUT2D eigenvalue weighted by molar-refractivity contribution is -0.312. The predicted molar refractivity (Wildman–Crippen MR) is 130 cm³/mol. The number of rotatable bonds is 13. The van der Waals surface area contributed by atoms with Gasteiger partial charge in [-0.2, -0.15) is 0 Å². The molecule has 40 heavy (non-hydrogen) atoms. The Morgan fingerprint density at radius 2 is 1.55 bits per heavy atom. The third kappa shape index (κ3) is 10.3. The first-order valence-electron chi connectivity index (χ1n) is 12.2. The molecule has 14 nitrogen and oxygen atoms in total. The Hall–Kier alpha value is -3.99. The van der Waals surface area contributed by atoms with Gasteiger partial charge < -0.3 is 33.2 Å². The van der Waals surface area contributed by atoms with Crippen molar-refractivity contribution in [2.75, 3.05) is 13.7 Å². The molecule has 0 aromatic rings. The fourth-order valence-electron chi connectivity index (χ4n) is 4.24. The largest absolute Gasteiger partial charge is 0.464 e. The van der Waals surface area contributed by atoms with Crippen molar-refractivity contribution in [3.05, 3.63) is 0 Å². The van der Waals surface area contributed by atoms with E-state index in [4.69, 9.17) is 39.6 Å². The van der Waals surface area contributed by atoms with Gasteiger partial charge in [0, 0.05) is 59.8 Å². The summed E-state index contributed by atoms with van der Waals surface area (Å²) in [4.78, 5) is 85.7. The summed E-state index contributed by atoms with van der Waals surface area (Å²) in [7, 11) is 0.980. The van der Waals surface area contributed by atoms with E-state index >= 15 is 0 Å². The first kappa shape index (κ1) is 34.0. The predicted octanol–water partition coefficient (Wildman–Crippen LogP) is 0.555. The molecular weight excluding hydrogens is 536 g/mol. The molecule has 0 aliphatic carbocycles. The second kappa shape index (κ2) is 15.6. The fourth-order valence-corrected chi connectivity index (χ4v) is 4.24. The monoisotopic (exact) mass is 570 g/mol. The van der Waals surface area contributed by atoms with E-state index in [1.807, 2.05) is 0 Å². The molecule has 6 atom stereocenters. The summed E-state index contributed by atoms with van der Waals surface area (Å²) < 4.78 is 37.2. The van der Waals surface area contributed by atoms with Gasteiger partial charge >= 0.3 is 41.6 Å². The van der Waals surface area contributed by atoms with E-state index in [-0.39, 0.29) is 19.3 Å². The fraction of sp³-hybridized carbons (Fsp3) is 0.654. The summed E-state index contributed by atoms with van der Waals surface area (Å²) in [6, 6.07) is 0. The lowest BCUT2D eigenvalue weighted by Crippen LogP contribution is -2.64. The number of methoxy groups -OCH3 is 1. The van der Waals surface area contributed by atoms with Gasteiger partial charge in [-0.15, -0.1) is 12.3 Å². The van der Waals surface area contributed by atoms with Gasteiger partial charge in [-0.05, 0) is 0 Å². The first-order valence-corrected chi connectivity index (χ1v) is 12.2. The van der Waals surface area contributed by atoms with E-state index in [9.17, 15) is 33.6 Å². The van der Waals surface area contributed by atoms with Gasteiger partial charge in [-0.1, -0.05) is 0 Å². The molecule has 1 aliphatic rings. The van der Waals surface area contributed by atoms with Gasteiger partial charge in [0.25, 0.3) is 0 Å². The van der Waals surface area contributed by atoms with Crippen LogP contribution >= 0.6 is 0 Å². The third-order valence-corrected chi connectivity index (χ3v) is 5.59. The summed E-state index contributed by atoms with van der Waals surface area (Å²) in [5.74, 6) is -7.37. The molecule has 1 rings (SSSR count). The Morgan fingerprint density at radius 3 is 2.02 bits per heavy atom. The number of carbonyl (C=O) groups is 7. The van der Waals surface area contributed by atoms with Crippen LogP contribution in [0.1, 0.15) is 60.3 Å². The molecule has 0 radical (unpaired) electrons. The second-order valence-corrected chi connectivity index (χ2v) is 8.91. The molecule has 1 aliphatic heterocycles. The molecule has 0 saturated carbocycles. The Morgan fingerprint density at radius 1 is 0.925 bits per heavy atom. The quantitative estimate of drug-likeness (QED) is 0.170. The lowest BCUT2D eigenvalue weighted by atomic mass is 9.79. The molecule has 1 heterocycles. The van der Waals surface area contributed by atoms with Crippen LogP contribution in [0.4, 0.5) is 0 Å². The molecule has 4 unspecified atom stereocenters. The van der Waals surface area contributed by atoms with Crippen LogP contribution in [-0.4, -0.2) is 85.5 Å². The maximum absolute atomic E-state index is 13.0. The summed E-state index contributed by atoms with van der Waals surface area (Å²) in [6.45, 7) is 4.54. The Kier molecular flexibility index (Phi) is 13.2. The van der Waals surface area contributed by atoms with Crippen LogP contribution in [0.15, 0.2) is 0 Å². The number of Topliss-reactive ketones (excluding diaryl/α,β-unsaturated/α-hetero) is 1. The van der Waals surface area contributed by atoms with Gasteiger partial charge in [-0.3, -0.25) is 28.8 Å². The van der Waals surface area contributed by atoms with Crippen molar-refractivity contribution in [2.24, 2.45) is 5.92 Å². The third-order valence-electron chi connectivity index (χ3n) is 5.59. The van der Waals surface area contributed by atoms with Crippen molar-refractivity contribution in [1.29, 1.82) is 0 Å². The Balaban J connectivity index is 3.87. The average Bonchev–Trinajstić information content (AvgIpc) is 2.83. The molecule has 0 spiro atoms. The molecule has 1 saturated heterocycles. The molecule has 1 fully saturated rings. The van der Waals surface area contributed by atoms with Gasteiger partial charge in [-0.25, -0.2) is 4.79 Å². The number of hydrogen-bond donors (Lipinski definition) is 0. The maximum atomic E-state index is 13.0. The van der Waals surface area contributed by atoms with E-state index in [2.05, 4.69) is 5.92 Å². The van der Waals surface area contributed by atoms with E-state index in [0.29, 0.717) is 0 Å². The summed E-state index contributed by atoms with van der Waals surface area (Å²) in [5.41, 5.74) is 0. The molecule has 0 aromatic carbocycles. The summed E-state index contributed by atoms with van der Waals surface area (Å²) in [6.07, 6.45) is -1.89. The highest BCUT2D eigenvalue weighted by Gasteiger charge is 2.60. The van der Waals surface area contributed by atoms with Crippen LogP contribution in [-0.2, 0) is 66.7 Å². The highest BCUT2D eigenvalue weighted by Crippen LogP contribution is 2.41. The van der Waals surface area contributed by atoms with Crippen molar-refractivity contribution < 1.29 is 66.7 Å². The van der Waals surface area contributed by atoms with Crippen LogP contribution in [0.3, 0.4) is 0 Å². The van der Waals surface area contributed by atoms with E-state index in [1.54, 1.807) is 0 Å². The number of hydrogen-bond acceptors (Lipinski definition) is 14. The SMILES string of the molecule is C#CCCC(=O)CC1C(OC(C)=O)CC(OC(C)=O)(C(=O)OC)OC1[C@H](OC(C)=O)[C@@H](COC(C)=O)OC(C)=O. The Labute approximate surface area is 231 Å². The van der Waals surface area contributed by atoms with Crippen LogP contribution in [0, 0.1) is 18.3 Å². The minimum Gasteiger partial charge on any atom is -0.464 e. The molecule has 14 heteroatoms. The van der Waals surface area contributed by atoms with Crippen molar-refractivity contribution in [2.45, 2.75) is 90.5 Å². The molecular formula is C26H34O14. The van der Waals surface area contributed by atoms with Gasteiger partial charge in [0.15, 0.2) is 12.2 Å². The minimum absolute atomic E-state index is 0.0718. The average molecular weight is 571 g/mol. The highest BCUT2D eigenvalue weighted by molar-refractivity contribution is 5.82. The van der Waals surface area contributed by atoms with Crippen LogP contribution in [0.5, 0.6) is 0 Å². The molecule has 0 N–H and O–H groups in total. The second-order valence-electron chi connectivity index (χ2n) is 8.91. The van der Waals surface area contributed by atoms with Crippen molar-refractivity contribution in [3.8, 4) is 12.3 Å². The van der Waals surface area contributed by atoms with Gasteiger partial charge in [0.2, 0.25) is 0 Å². The topological polar surface area (TPSA) is 184 Å². The van der Waals surface area contributed by atoms with Crippen molar-refractivity contribution in [3.63, 3.8) is 0 Å². The van der Waals surface area contributed by atoms with Crippen LogP contribution in [0.25, 0.3) is 0 Å². The molecule has 0 aromatic heterocycles. The zero-order chi connectivity index (χ0) is 30.6. The minimum atomic E-state index is -2.54. The standard InChI is InChI=1S/C26H34O14/c1-8-9-10-19(32)11-20-21(36-15(3)28)12-26(25(33)34-7,39-18(6)31)40-23(20)24(38-17(5)30)22(37-16(4)29)13-35-14(2)27/h1,20-24H,9-13H2,2-7H3/t20?,21?,22-,23?,24-,26?/m1/s1. The van der Waals surface area contributed by atoms with Crippen LogP contribution in [0.2, 0.25) is 0 Å². The summed E-state index contributed by atoms with van der Waals surface area (Å²) >= 11 is 0. The van der Waals surface area contributed by atoms with Crippen LogP contribution < -0.4 is 0 Å². The van der Waals surface area contributed by atoms with E-state index in [1.165, 1.54) is 0 Å². The highest BCUT2D eigenvalue weighted by atomic mass is 16.8. The number of carbonyl (C=O) groups excluding carboxylic acids is 7. The molecule has 0 amide bonds. The number of ether oxygens (including phenoxy) is 7. The number of terminal acetylenes is 1. The van der Waals surface area contributed by atoms with Gasteiger partial charge in [0.1, 0.15) is 24.6 Å². The molecule has 222 valence electrons. The zero-order valence-corrected chi connectivity index (χ0v) is 23.2. The lowest BCUT2D eigenvalue weighted by Gasteiger charge is -2.48. The van der Waals surface area contributed by atoms with E-state index < -0.39 is 90.7 Å².